The lowest BCUT2D eigenvalue weighted by Crippen LogP contribution is -2.34. The first kappa shape index (κ1) is 47.0. The van der Waals surface area contributed by atoms with Crippen LogP contribution in [0.2, 0.25) is 0 Å². The fraction of sp³-hybridized carbons (Fsp3) is 0.946. The summed E-state index contributed by atoms with van der Waals surface area (Å²) < 4.78 is 33.1. The van der Waals surface area contributed by atoms with Crippen molar-refractivity contribution in [3.63, 3.8) is 0 Å². The van der Waals surface area contributed by atoms with E-state index in [0.29, 0.717) is 6.61 Å². The highest BCUT2D eigenvalue weighted by molar-refractivity contribution is 7.47. The third-order valence-corrected chi connectivity index (χ3v) is 9.59. The Morgan fingerprint density at radius 2 is 0.958 bits per heavy atom. The number of phosphoric ester groups is 1. The van der Waals surface area contributed by atoms with E-state index >= 15 is 0 Å². The van der Waals surface area contributed by atoms with Crippen LogP contribution in [0, 0.1) is 0 Å². The van der Waals surface area contributed by atoms with Gasteiger partial charge in [0.25, 0.3) is 0 Å². The van der Waals surface area contributed by atoms with Crippen molar-refractivity contribution in [2.75, 3.05) is 26.4 Å². The highest BCUT2D eigenvalue weighted by atomic mass is 31.2. The van der Waals surface area contributed by atoms with Crippen LogP contribution in [0.4, 0.5) is 0 Å². The second kappa shape index (κ2) is 34.4. The molecule has 0 spiro atoms. The Morgan fingerprint density at radius 3 is 1.38 bits per heavy atom. The van der Waals surface area contributed by atoms with Gasteiger partial charge < -0.3 is 25.2 Å². The van der Waals surface area contributed by atoms with Gasteiger partial charge in [-0.25, -0.2) is 4.57 Å². The molecule has 0 aromatic heterocycles. The van der Waals surface area contributed by atoms with Crippen LogP contribution >= 0.6 is 7.82 Å². The smallest absolute Gasteiger partial charge is 0.472 e. The van der Waals surface area contributed by atoms with Crippen LogP contribution < -0.4 is 5.73 Å². The predicted molar refractivity (Wildman–Crippen MR) is 194 cm³/mol. The molecule has 3 atom stereocenters. The molecular formula is C37H74NO9P. The standard InChI is InChI=1S/C37H74NO9P/c1-3-5-7-9-11-13-14-15-16-17-18-19-20-21-22-23-25-27-29-36(39)47-34(31-44-30-28-26-24-12-10-8-6-4-2)32-45-48(42,43)46-33-35(38)37(40)41/h34-35H,3-33,38H2,1-2H3,(H,40,41)(H,42,43). The third kappa shape index (κ3) is 33.5. The average molecular weight is 708 g/mol. The largest absolute Gasteiger partial charge is 0.480 e. The fourth-order valence-corrected chi connectivity index (χ4v) is 6.32. The molecule has 0 heterocycles. The Balaban J connectivity index is 4.15. The number of phosphoric acid groups is 1. The average Bonchev–Trinajstić information content (AvgIpc) is 3.06. The first-order chi connectivity index (χ1) is 23.2. The summed E-state index contributed by atoms with van der Waals surface area (Å²) in [5.41, 5.74) is 5.33. The van der Waals surface area contributed by atoms with Crippen LogP contribution in [-0.2, 0) is 32.7 Å². The second-order valence-corrected chi connectivity index (χ2v) is 14.9. The molecule has 0 aromatic carbocycles. The van der Waals surface area contributed by atoms with Crippen LogP contribution in [0.3, 0.4) is 0 Å². The van der Waals surface area contributed by atoms with Crippen molar-refractivity contribution in [1.29, 1.82) is 0 Å². The van der Waals surface area contributed by atoms with Gasteiger partial charge in [0.1, 0.15) is 12.1 Å². The first-order valence-corrected chi connectivity index (χ1v) is 21.1. The summed E-state index contributed by atoms with van der Waals surface area (Å²) in [4.78, 5) is 33.3. The molecule has 4 N–H and O–H groups in total. The number of nitrogens with two attached hydrogens (primary N) is 1. The molecule has 0 radical (unpaired) electrons. The maximum Gasteiger partial charge on any atom is 0.472 e. The van der Waals surface area contributed by atoms with E-state index in [9.17, 15) is 19.0 Å². The highest BCUT2D eigenvalue weighted by Gasteiger charge is 2.27. The summed E-state index contributed by atoms with van der Waals surface area (Å²) in [6.45, 7) is 3.87. The number of unbranched alkanes of at least 4 members (excludes halogenated alkanes) is 24. The van der Waals surface area contributed by atoms with Gasteiger partial charge in [0.2, 0.25) is 0 Å². The number of carbonyl (C=O) groups excluding carboxylic acids is 1. The molecule has 0 rings (SSSR count). The van der Waals surface area contributed by atoms with E-state index in [0.717, 1.165) is 38.5 Å². The van der Waals surface area contributed by atoms with Gasteiger partial charge in [-0.1, -0.05) is 168 Å². The predicted octanol–water partition coefficient (Wildman–Crippen LogP) is 10.0. The van der Waals surface area contributed by atoms with Crippen molar-refractivity contribution in [3.05, 3.63) is 0 Å². The van der Waals surface area contributed by atoms with Gasteiger partial charge in [-0.15, -0.1) is 0 Å². The number of hydrogen-bond acceptors (Lipinski definition) is 8. The monoisotopic (exact) mass is 708 g/mol. The van der Waals surface area contributed by atoms with E-state index in [4.69, 9.17) is 24.8 Å². The summed E-state index contributed by atoms with van der Waals surface area (Å²) in [6.07, 6.45) is 31.6. The normalized spacial score (nSPS) is 14.1. The molecule has 11 heteroatoms. The Bertz CT molecular complexity index is 786. The summed E-state index contributed by atoms with van der Waals surface area (Å²) in [5.74, 6) is -1.77. The number of carboxylic acids is 1. The van der Waals surface area contributed by atoms with Gasteiger partial charge in [0, 0.05) is 13.0 Å². The van der Waals surface area contributed by atoms with E-state index in [-0.39, 0.29) is 13.0 Å². The number of carboxylic acid groups (broad SMARTS) is 1. The van der Waals surface area contributed by atoms with Crippen molar-refractivity contribution in [3.8, 4) is 0 Å². The fourth-order valence-electron chi connectivity index (χ4n) is 5.55. The summed E-state index contributed by atoms with van der Waals surface area (Å²) in [7, 11) is -4.60. The number of esters is 1. The minimum atomic E-state index is -4.60. The summed E-state index contributed by atoms with van der Waals surface area (Å²) >= 11 is 0. The maximum atomic E-state index is 12.5. The van der Waals surface area contributed by atoms with Crippen molar-refractivity contribution >= 4 is 19.8 Å². The van der Waals surface area contributed by atoms with Crippen LogP contribution in [-0.4, -0.2) is 60.5 Å². The molecule has 286 valence electrons. The van der Waals surface area contributed by atoms with Gasteiger partial charge in [0.15, 0.2) is 0 Å². The van der Waals surface area contributed by atoms with Gasteiger partial charge in [-0.3, -0.25) is 18.6 Å². The molecule has 0 aliphatic carbocycles. The van der Waals surface area contributed by atoms with Gasteiger partial charge in [-0.05, 0) is 12.8 Å². The minimum Gasteiger partial charge on any atom is -0.480 e. The maximum absolute atomic E-state index is 12.5. The Morgan fingerprint density at radius 1 is 0.583 bits per heavy atom. The second-order valence-electron chi connectivity index (χ2n) is 13.4. The highest BCUT2D eigenvalue weighted by Crippen LogP contribution is 2.43. The van der Waals surface area contributed by atoms with Crippen LogP contribution in [0.5, 0.6) is 0 Å². The number of hydrogen-bond donors (Lipinski definition) is 3. The van der Waals surface area contributed by atoms with Crippen LogP contribution in [0.15, 0.2) is 0 Å². The van der Waals surface area contributed by atoms with Gasteiger partial charge >= 0.3 is 19.8 Å². The van der Waals surface area contributed by atoms with Crippen molar-refractivity contribution < 1.29 is 42.7 Å². The lowest BCUT2D eigenvalue weighted by molar-refractivity contribution is -0.154. The minimum absolute atomic E-state index is 0.0238. The van der Waals surface area contributed by atoms with Gasteiger partial charge in [-0.2, -0.15) is 0 Å². The number of rotatable bonds is 38. The Labute approximate surface area is 293 Å². The zero-order valence-electron chi connectivity index (χ0n) is 30.9. The van der Waals surface area contributed by atoms with E-state index in [2.05, 4.69) is 18.4 Å². The quantitative estimate of drug-likeness (QED) is 0.0321. The van der Waals surface area contributed by atoms with Gasteiger partial charge in [0.05, 0.1) is 19.8 Å². The van der Waals surface area contributed by atoms with E-state index in [1.807, 2.05) is 0 Å². The number of ether oxygens (including phenoxy) is 2. The summed E-state index contributed by atoms with van der Waals surface area (Å²) in [6, 6.07) is -1.47. The Kier molecular flexibility index (Phi) is 33.7. The number of aliphatic carboxylic acids is 1. The molecule has 0 fully saturated rings. The molecule has 0 saturated carbocycles. The zero-order valence-corrected chi connectivity index (χ0v) is 31.7. The van der Waals surface area contributed by atoms with Crippen molar-refractivity contribution in [2.24, 2.45) is 5.73 Å². The zero-order chi connectivity index (χ0) is 35.6. The lowest BCUT2D eigenvalue weighted by atomic mass is 10.0. The van der Waals surface area contributed by atoms with E-state index < -0.39 is 45.1 Å². The molecule has 10 nitrogen and oxygen atoms in total. The molecule has 0 aromatic rings. The molecule has 3 unspecified atom stereocenters. The lowest BCUT2D eigenvalue weighted by Gasteiger charge is -2.20. The molecule has 0 amide bonds. The molecule has 0 aliphatic heterocycles. The Hall–Kier alpha value is -1.03. The van der Waals surface area contributed by atoms with E-state index in [1.54, 1.807) is 0 Å². The first-order valence-electron chi connectivity index (χ1n) is 19.6. The van der Waals surface area contributed by atoms with Crippen LogP contribution in [0.1, 0.15) is 187 Å². The molecule has 48 heavy (non-hydrogen) atoms. The molecule has 0 bridgehead atoms. The van der Waals surface area contributed by atoms with E-state index in [1.165, 1.54) is 128 Å². The van der Waals surface area contributed by atoms with Crippen molar-refractivity contribution in [2.45, 2.75) is 199 Å². The SMILES string of the molecule is CCCCCCCCCCCCCCCCCCCCC(=O)OC(COCCCCCCCCCC)COP(=O)(O)OCC(N)C(=O)O. The molecule has 0 saturated heterocycles. The number of carbonyl (C=O) groups is 2. The van der Waals surface area contributed by atoms with Crippen molar-refractivity contribution in [1.82, 2.24) is 0 Å². The van der Waals surface area contributed by atoms with Crippen LogP contribution in [0.25, 0.3) is 0 Å². The third-order valence-electron chi connectivity index (χ3n) is 8.64. The molecular weight excluding hydrogens is 633 g/mol. The molecule has 0 aliphatic rings. The summed E-state index contributed by atoms with van der Waals surface area (Å²) in [5, 5.41) is 8.85. The topological polar surface area (TPSA) is 155 Å².